The van der Waals surface area contributed by atoms with Gasteiger partial charge in [0, 0.05) is 24.1 Å². The third-order valence-electron chi connectivity index (χ3n) is 4.31. The predicted octanol–water partition coefficient (Wildman–Crippen LogP) is 2.40. The fraction of sp³-hybridized carbons (Fsp3) is 0.667. The summed E-state index contributed by atoms with van der Waals surface area (Å²) in [4.78, 5) is 4.16. The molecular formula is C15H26N4. The van der Waals surface area contributed by atoms with Gasteiger partial charge in [-0.05, 0) is 36.8 Å². The van der Waals surface area contributed by atoms with Crippen LogP contribution in [-0.4, -0.2) is 11.0 Å². The van der Waals surface area contributed by atoms with E-state index in [1.807, 2.05) is 12.3 Å². The molecule has 1 aromatic heterocycles. The number of anilines is 1. The minimum Gasteiger partial charge on any atom is -0.398 e. The molecule has 1 aliphatic rings. The summed E-state index contributed by atoms with van der Waals surface area (Å²) >= 11 is 0. The summed E-state index contributed by atoms with van der Waals surface area (Å²) < 4.78 is 0. The standard InChI is InChI=1S/C15H26N4/c16-14-8-9-18-11-13(14)10-15(19-17)12-6-4-2-1-3-5-7-12/h8-9,11-12,15,19H,1-7,10,17H2,(H2,16,18). The van der Waals surface area contributed by atoms with E-state index >= 15 is 0 Å². The third kappa shape index (κ3) is 4.18. The van der Waals surface area contributed by atoms with E-state index in [9.17, 15) is 0 Å². The average molecular weight is 262 g/mol. The molecule has 1 saturated carbocycles. The maximum atomic E-state index is 6.00. The van der Waals surface area contributed by atoms with Gasteiger partial charge >= 0.3 is 0 Å². The first-order valence-electron chi connectivity index (χ1n) is 7.45. The van der Waals surface area contributed by atoms with Crippen LogP contribution in [0.4, 0.5) is 5.69 Å². The molecule has 2 rings (SSSR count). The van der Waals surface area contributed by atoms with E-state index in [1.165, 1.54) is 44.9 Å². The van der Waals surface area contributed by atoms with Crippen molar-refractivity contribution in [3.05, 3.63) is 24.0 Å². The molecule has 0 bridgehead atoms. The van der Waals surface area contributed by atoms with Gasteiger partial charge in [0.15, 0.2) is 0 Å². The predicted molar refractivity (Wildman–Crippen MR) is 79.3 cm³/mol. The Morgan fingerprint density at radius 1 is 1.21 bits per heavy atom. The Hall–Kier alpha value is -1.13. The summed E-state index contributed by atoms with van der Waals surface area (Å²) in [6, 6.07) is 2.17. The lowest BCUT2D eigenvalue weighted by molar-refractivity contribution is 0.285. The Kier molecular flexibility index (Phi) is 5.61. The molecule has 1 aliphatic carbocycles. The van der Waals surface area contributed by atoms with Crippen molar-refractivity contribution >= 4 is 5.69 Å². The first-order valence-corrected chi connectivity index (χ1v) is 7.45. The second-order valence-electron chi connectivity index (χ2n) is 5.66. The van der Waals surface area contributed by atoms with Crippen LogP contribution in [0.1, 0.15) is 50.5 Å². The highest BCUT2D eigenvalue weighted by Crippen LogP contribution is 2.27. The number of pyridine rings is 1. The zero-order valence-corrected chi connectivity index (χ0v) is 11.6. The SMILES string of the molecule is NNC(Cc1cnccc1N)C1CCCCCCC1. The number of hydrogen-bond acceptors (Lipinski definition) is 4. The molecule has 1 aromatic rings. The van der Waals surface area contributed by atoms with Crippen molar-refractivity contribution < 1.29 is 0 Å². The van der Waals surface area contributed by atoms with E-state index in [0.717, 1.165) is 17.7 Å². The Bertz CT molecular complexity index is 372. The van der Waals surface area contributed by atoms with Crippen LogP contribution in [-0.2, 0) is 6.42 Å². The molecular weight excluding hydrogens is 236 g/mol. The fourth-order valence-electron chi connectivity index (χ4n) is 3.10. The summed E-state index contributed by atoms with van der Waals surface area (Å²) in [6.07, 6.45) is 13.8. The topological polar surface area (TPSA) is 77.0 Å². The van der Waals surface area contributed by atoms with Crippen LogP contribution in [0.5, 0.6) is 0 Å². The molecule has 4 heteroatoms. The van der Waals surface area contributed by atoms with E-state index in [2.05, 4.69) is 10.4 Å². The highest BCUT2D eigenvalue weighted by molar-refractivity contribution is 5.44. The van der Waals surface area contributed by atoms with E-state index < -0.39 is 0 Å². The van der Waals surface area contributed by atoms with Crippen molar-refractivity contribution in [2.75, 3.05) is 5.73 Å². The lowest BCUT2D eigenvalue weighted by Crippen LogP contribution is -2.42. The molecule has 4 nitrogen and oxygen atoms in total. The number of nitrogens with zero attached hydrogens (tertiary/aromatic N) is 1. The summed E-state index contributed by atoms with van der Waals surface area (Å²) in [7, 11) is 0. The number of aromatic nitrogens is 1. The number of nitrogens with two attached hydrogens (primary N) is 2. The van der Waals surface area contributed by atoms with Gasteiger partial charge in [0.2, 0.25) is 0 Å². The molecule has 0 saturated heterocycles. The molecule has 5 N–H and O–H groups in total. The lowest BCUT2D eigenvalue weighted by atomic mass is 9.83. The molecule has 0 aromatic carbocycles. The molecule has 1 fully saturated rings. The van der Waals surface area contributed by atoms with Crippen LogP contribution in [0.15, 0.2) is 18.5 Å². The van der Waals surface area contributed by atoms with E-state index in [0.29, 0.717) is 12.0 Å². The minimum atomic E-state index is 0.310. The Morgan fingerprint density at radius 3 is 2.53 bits per heavy atom. The Balaban J connectivity index is 2.00. The van der Waals surface area contributed by atoms with Gasteiger partial charge < -0.3 is 5.73 Å². The van der Waals surface area contributed by atoms with Crippen LogP contribution in [0, 0.1) is 5.92 Å². The molecule has 0 radical (unpaired) electrons. The van der Waals surface area contributed by atoms with Gasteiger partial charge in [-0.15, -0.1) is 0 Å². The Labute approximate surface area is 115 Å². The molecule has 1 atom stereocenters. The van der Waals surface area contributed by atoms with Gasteiger partial charge in [-0.1, -0.05) is 32.1 Å². The van der Waals surface area contributed by atoms with Gasteiger partial charge in [0.05, 0.1) is 0 Å². The third-order valence-corrected chi connectivity index (χ3v) is 4.31. The zero-order valence-electron chi connectivity index (χ0n) is 11.6. The van der Waals surface area contributed by atoms with Gasteiger partial charge in [0.25, 0.3) is 0 Å². The van der Waals surface area contributed by atoms with Crippen LogP contribution in [0.3, 0.4) is 0 Å². The first-order chi connectivity index (χ1) is 9.31. The van der Waals surface area contributed by atoms with Crippen LogP contribution in [0.25, 0.3) is 0 Å². The highest BCUT2D eigenvalue weighted by Gasteiger charge is 2.22. The second-order valence-corrected chi connectivity index (χ2v) is 5.66. The summed E-state index contributed by atoms with van der Waals surface area (Å²) in [5.41, 5.74) is 10.9. The summed E-state index contributed by atoms with van der Waals surface area (Å²) in [5, 5.41) is 0. The number of rotatable bonds is 4. The second kappa shape index (κ2) is 7.46. The Morgan fingerprint density at radius 2 is 1.89 bits per heavy atom. The minimum absolute atomic E-state index is 0.310. The molecule has 0 spiro atoms. The molecule has 1 unspecified atom stereocenters. The van der Waals surface area contributed by atoms with Crippen LogP contribution < -0.4 is 17.0 Å². The molecule has 0 amide bonds. The highest BCUT2D eigenvalue weighted by atomic mass is 15.2. The lowest BCUT2D eigenvalue weighted by Gasteiger charge is -2.28. The molecule has 106 valence electrons. The van der Waals surface area contributed by atoms with Crippen molar-refractivity contribution in [2.24, 2.45) is 11.8 Å². The maximum absolute atomic E-state index is 6.00. The smallest absolute Gasteiger partial charge is 0.0378 e. The number of hydrazine groups is 1. The largest absolute Gasteiger partial charge is 0.398 e. The van der Waals surface area contributed by atoms with Gasteiger partial charge in [-0.3, -0.25) is 16.3 Å². The summed E-state index contributed by atoms with van der Waals surface area (Å²) in [5.74, 6) is 6.44. The van der Waals surface area contributed by atoms with Gasteiger partial charge in [-0.25, -0.2) is 0 Å². The normalized spacial score (nSPS) is 19.6. The van der Waals surface area contributed by atoms with E-state index in [-0.39, 0.29) is 0 Å². The molecule has 19 heavy (non-hydrogen) atoms. The van der Waals surface area contributed by atoms with Gasteiger partial charge in [-0.2, -0.15) is 0 Å². The van der Waals surface area contributed by atoms with Crippen molar-refractivity contribution in [1.29, 1.82) is 0 Å². The van der Waals surface area contributed by atoms with Gasteiger partial charge in [0.1, 0.15) is 0 Å². The van der Waals surface area contributed by atoms with Crippen molar-refractivity contribution in [1.82, 2.24) is 10.4 Å². The number of hydrogen-bond donors (Lipinski definition) is 3. The van der Waals surface area contributed by atoms with Crippen molar-refractivity contribution in [3.63, 3.8) is 0 Å². The van der Waals surface area contributed by atoms with E-state index in [4.69, 9.17) is 11.6 Å². The first kappa shape index (κ1) is 14.3. The number of nitrogens with one attached hydrogen (secondary N) is 1. The summed E-state index contributed by atoms with van der Waals surface area (Å²) in [6.45, 7) is 0. The average Bonchev–Trinajstić information content (AvgIpc) is 2.38. The van der Waals surface area contributed by atoms with Crippen molar-refractivity contribution in [2.45, 2.75) is 57.4 Å². The monoisotopic (exact) mass is 262 g/mol. The van der Waals surface area contributed by atoms with Crippen LogP contribution in [0.2, 0.25) is 0 Å². The molecule has 0 aliphatic heterocycles. The van der Waals surface area contributed by atoms with E-state index in [1.54, 1.807) is 6.20 Å². The van der Waals surface area contributed by atoms with Crippen molar-refractivity contribution in [3.8, 4) is 0 Å². The maximum Gasteiger partial charge on any atom is 0.0378 e. The molecule has 1 heterocycles. The quantitative estimate of drug-likeness (QED) is 0.575. The van der Waals surface area contributed by atoms with Crippen LogP contribution >= 0.6 is 0 Å². The fourth-order valence-corrected chi connectivity index (χ4v) is 3.10. The zero-order chi connectivity index (χ0) is 13.5. The number of nitrogen functional groups attached to an aromatic ring is 1.